The van der Waals surface area contributed by atoms with E-state index >= 15 is 0 Å². The lowest BCUT2D eigenvalue weighted by Crippen LogP contribution is -2.40. The van der Waals surface area contributed by atoms with Crippen LogP contribution in [0.15, 0.2) is 59.9 Å². The van der Waals surface area contributed by atoms with Crippen LogP contribution in [0.5, 0.6) is 0 Å². The number of benzene rings is 2. The largest absolute Gasteiger partial charge is 0.465 e. The Labute approximate surface area is 219 Å². The number of nitrogens with zero attached hydrogens (tertiary/aromatic N) is 4. The summed E-state index contributed by atoms with van der Waals surface area (Å²) in [5, 5.41) is 15.7. The summed E-state index contributed by atoms with van der Waals surface area (Å²) in [5.74, 6) is -1.58. The fourth-order valence-corrected chi connectivity index (χ4v) is 4.20. The third-order valence-electron chi connectivity index (χ3n) is 5.75. The number of nitro benzene ring substituents is 1. The molecule has 1 heterocycles. The summed E-state index contributed by atoms with van der Waals surface area (Å²) in [7, 11) is 1.19. The van der Waals surface area contributed by atoms with E-state index < -0.39 is 22.5 Å². The molecular weight excluding hydrogens is 492 g/mol. The van der Waals surface area contributed by atoms with E-state index in [9.17, 15) is 24.6 Å². The van der Waals surface area contributed by atoms with Gasteiger partial charge in [0.15, 0.2) is 0 Å². The third-order valence-corrected chi connectivity index (χ3v) is 5.75. The van der Waals surface area contributed by atoms with Gasteiger partial charge in [0.1, 0.15) is 5.60 Å². The highest BCUT2D eigenvalue weighted by Gasteiger charge is 2.33. The van der Waals surface area contributed by atoms with Crippen molar-refractivity contribution in [2.24, 2.45) is 5.29 Å². The zero-order chi connectivity index (χ0) is 28.0. The molecule has 0 amide bonds. The number of non-ortho nitro benzene ring substituents is 1. The van der Waals surface area contributed by atoms with E-state index in [-0.39, 0.29) is 52.4 Å². The minimum Gasteiger partial charge on any atom is -0.465 e. The van der Waals surface area contributed by atoms with E-state index in [1.54, 1.807) is 33.8 Å². The number of nitroso groups, excluding NO2 is 1. The first-order valence-corrected chi connectivity index (χ1v) is 11.7. The van der Waals surface area contributed by atoms with E-state index in [0.717, 1.165) is 5.56 Å². The van der Waals surface area contributed by atoms with Crippen molar-refractivity contribution >= 4 is 17.6 Å². The summed E-state index contributed by atoms with van der Waals surface area (Å²) in [4.78, 5) is 53.1. The van der Waals surface area contributed by atoms with Crippen molar-refractivity contribution in [3.8, 4) is 11.1 Å². The standard InChI is InChI=1S/C27H28N4O7/c1-17-22(25(32)37-5)24(20-12-9-13-21(14-20)31(35)36)23(18(2)28-17)26(33)38-27(3,4)16-30(29-34)15-19-10-7-6-8-11-19/h6-14H,15-16H2,1-5H3. The van der Waals surface area contributed by atoms with Gasteiger partial charge in [0.2, 0.25) is 0 Å². The fraction of sp³-hybridized carbons (Fsp3) is 0.296. The zero-order valence-electron chi connectivity index (χ0n) is 21.8. The first-order valence-electron chi connectivity index (χ1n) is 11.7. The summed E-state index contributed by atoms with van der Waals surface area (Å²) in [5.41, 5.74) is 0.281. The van der Waals surface area contributed by atoms with Gasteiger partial charge in [-0.3, -0.25) is 20.1 Å². The molecule has 0 N–H and O–H groups in total. The molecule has 11 heteroatoms. The normalized spacial score (nSPS) is 11.0. The number of methoxy groups -OCH3 is 1. The summed E-state index contributed by atoms with van der Waals surface area (Å²) >= 11 is 0. The lowest BCUT2D eigenvalue weighted by Gasteiger charge is -2.30. The Morgan fingerprint density at radius 1 is 1.03 bits per heavy atom. The van der Waals surface area contributed by atoms with Crippen LogP contribution in [0.3, 0.4) is 0 Å². The Morgan fingerprint density at radius 3 is 2.24 bits per heavy atom. The van der Waals surface area contributed by atoms with Gasteiger partial charge in [-0.15, -0.1) is 4.91 Å². The Morgan fingerprint density at radius 2 is 1.66 bits per heavy atom. The van der Waals surface area contributed by atoms with Gasteiger partial charge >= 0.3 is 11.9 Å². The van der Waals surface area contributed by atoms with Crippen LogP contribution in [0.1, 0.15) is 51.5 Å². The van der Waals surface area contributed by atoms with Gasteiger partial charge in [-0.25, -0.2) is 9.59 Å². The molecule has 198 valence electrons. The maximum absolute atomic E-state index is 13.6. The number of nitro groups is 1. The number of aryl methyl sites for hydroxylation is 2. The molecule has 0 unspecified atom stereocenters. The monoisotopic (exact) mass is 520 g/mol. The second-order valence-corrected chi connectivity index (χ2v) is 9.25. The number of esters is 2. The number of hydrogen-bond acceptors (Lipinski definition) is 9. The van der Waals surface area contributed by atoms with Crippen molar-refractivity contribution in [1.29, 1.82) is 0 Å². The number of aromatic nitrogens is 1. The molecule has 38 heavy (non-hydrogen) atoms. The van der Waals surface area contributed by atoms with Crippen molar-refractivity contribution in [2.75, 3.05) is 13.7 Å². The Hall–Kier alpha value is -4.67. The Bertz CT molecular complexity index is 1370. The average molecular weight is 521 g/mol. The Kier molecular flexibility index (Phi) is 8.51. The number of ether oxygens (including phenoxy) is 2. The molecule has 0 aliphatic heterocycles. The van der Waals surface area contributed by atoms with Gasteiger partial charge in [-0.05, 0) is 38.8 Å². The molecule has 0 atom stereocenters. The minimum absolute atomic E-state index is 0.0105. The molecule has 0 spiro atoms. The van der Waals surface area contributed by atoms with Gasteiger partial charge in [-0.1, -0.05) is 42.5 Å². The van der Waals surface area contributed by atoms with Crippen LogP contribution < -0.4 is 0 Å². The van der Waals surface area contributed by atoms with Gasteiger partial charge in [0.25, 0.3) is 5.69 Å². The molecule has 0 bridgehead atoms. The zero-order valence-corrected chi connectivity index (χ0v) is 21.8. The fourth-order valence-electron chi connectivity index (χ4n) is 4.20. The maximum Gasteiger partial charge on any atom is 0.341 e. The summed E-state index contributed by atoms with van der Waals surface area (Å²) < 4.78 is 10.8. The molecule has 0 saturated carbocycles. The van der Waals surface area contributed by atoms with Gasteiger partial charge < -0.3 is 9.47 Å². The highest BCUT2D eigenvalue weighted by Crippen LogP contribution is 2.35. The minimum atomic E-state index is -1.19. The molecule has 2 aromatic carbocycles. The number of pyridine rings is 1. The SMILES string of the molecule is COC(=O)c1c(C)nc(C)c(C(=O)OC(C)(C)CN(Cc2ccccc2)N=O)c1-c1cccc([N+](=O)[O-])c1. The van der Waals surface area contributed by atoms with E-state index in [0.29, 0.717) is 0 Å². The van der Waals surface area contributed by atoms with Crippen LogP contribution in [0.25, 0.3) is 11.1 Å². The van der Waals surface area contributed by atoms with Crippen LogP contribution in [0.4, 0.5) is 5.69 Å². The smallest absolute Gasteiger partial charge is 0.341 e. The van der Waals surface area contributed by atoms with E-state index in [4.69, 9.17) is 9.47 Å². The van der Waals surface area contributed by atoms with Crippen LogP contribution in [0, 0.1) is 28.9 Å². The lowest BCUT2D eigenvalue weighted by atomic mass is 9.92. The van der Waals surface area contributed by atoms with E-state index in [2.05, 4.69) is 10.3 Å². The van der Waals surface area contributed by atoms with Crippen LogP contribution in [0.2, 0.25) is 0 Å². The highest BCUT2D eigenvalue weighted by molar-refractivity contribution is 6.07. The van der Waals surface area contributed by atoms with Crippen molar-refractivity contribution in [1.82, 2.24) is 9.99 Å². The molecule has 0 saturated heterocycles. The molecule has 0 fully saturated rings. The average Bonchev–Trinajstić information content (AvgIpc) is 2.87. The third kappa shape index (κ3) is 6.36. The molecule has 11 nitrogen and oxygen atoms in total. The van der Waals surface area contributed by atoms with Crippen molar-refractivity contribution in [3.63, 3.8) is 0 Å². The molecule has 3 aromatic rings. The summed E-state index contributed by atoms with van der Waals surface area (Å²) in [6.45, 7) is 6.59. The van der Waals surface area contributed by atoms with Crippen molar-refractivity contribution in [2.45, 2.75) is 39.8 Å². The second-order valence-electron chi connectivity index (χ2n) is 9.25. The first-order chi connectivity index (χ1) is 18.0. The van der Waals surface area contributed by atoms with Crippen molar-refractivity contribution in [3.05, 3.63) is 97.7 Å². The number of rotatable bonds is 10. The molecule has 3 rings (SSSR count). The van der Waals surface area contributed by atoms with Gasteiger partial charge in [0.05, 0.1) is 52.9 Å². The van der Waals surface area contributed by atoms with Crippen LogP contribution in [-0.4, -0.2) is 46.1 Å². The molecular formula is C27H28N4O7. The molecule has 0 aliphatic carbocycles. The lowest BCUT2D eigenvalue weighted by molar-refractivity contribution is -0.384. The van der Waals surface area contributed by atoms with Crippen molar-refractivity contribution < 1.29 is 24.0 Å². The van der Waals surface area contributed by atoms with E-state index in [1.165, 1.54) is 30.3 Å². The number of carbonyl (C=O) groups is 2. The topological polar surface area (TPSA) is 141 Å². The quantitative estimate of drug-likeness (QED) is 0.153. The molecule has 0 radical (unpaired) electrons. The van der Waals surface area contributed by atoms with Crippen LogP contribution in [-0.2, 0) is 16.0 Å². The highest BCUT2D eigenvalue weighted by atomic mass is 16.6. The summed E-state index contributed by atoms with van der Waals surface area (Å²) in [6, 6.07) is 14.8. The molecule has 0 aliphatic rings. The second kappa shape index (κ2) is 11.6. The predicted molar refractivity (Wildman–Crippen MR) is 139 cm³/mol. The van der Waals surface area contributed by atoms with Gasteiger partial charge in [0, 0.05) is 17.7 Å². The number of hydrogen-bond donors (Lipinski definition) is 0. The van der Waals surface area contributed by atoms with Gasteiger partial charge in [-0.2, -0.15) is 0 Å². The van der Waals surface area contributed by atoms with E-state index in [1.807, 2.05) is 30.3 Å². The Balaban J connectivity index is 2.05. The number of carbonyl (C=O) groups excluding carboxylic acids is 2. The summed E-state index contributed by atoms with van der Waals surface area (Å²) in [6.07, 6.45) is 0. The first kappa shape index (κ1) is 27.9. The maximum atomic E-state index is 13.6. The van der Waals surface area contributed by atoms with Crippen LogP contribution >= 0.6 is 0 Å². The predicted octanol–water partition coefficient (Wildman–Crippen LogP) is 5.18. The molecule has 1 aromatic heterocycles.